The van der Waals surface area contributed by atoms with Gasteiger partial charge in [0.1, 0.15) is 6.61 Å². The zero-order valence-corrected chi connectivity index (χ0v) is 19.4. The van der Waals surface area contributed by atoms with Crippen molar-refractivity contribution in [2.45, 2.75) is 52.9 Å². The van der Waals surface area contributed by atoms with Crippen molar-refractivity contribution in [3.63, 3.8) is 0 Å². The monoisotopic (exact) mass is 435 g/mol. The summed E-state index contributed by atoms with van der Waals surface area (Å²) in [5.41, 5.74) is 3.44. The number of ketones is 1. The van der Waals surface area contributed by atoms with Crippen molar-refractivity contribution in [2.75, 3.05) is 31.1 Å². The highest BCUT2D eigenvalue weighted by molar-refractivity contribution is 5.99. The zero-order valence-electron chi connectivity index (χ0n) is 19.4. The van der Waals surface area contributed by atoms with Crippen molar-refractivity contribution in [3.8, 4) is 5.75 Å². The van der Waals surface area contributed by atoms with Gasteiger partial charge in [-0.25, -0.2) is 4.98 Å². The van der Waals surface area contributed by atoms with Crippen LogP contribution in [0.15, 0.2) is 30.5 Å². The van der Waals surface area contributed by atoms with E-state index >= 15 is 0 Å². The Morgan fingerprint density at radius 1 is 1.09 bits per heavy atom. The van der Waals surface area contributed by atoms with E-state index < -0.39 is 0 Å². The fourth-order valence-corrected chi connectivity index (χ4v) is 4.48. The molecule has 1 aromatic carbocycles. The zero-order chi connectivity index (χ0) is 22.7. The predicted octanol–water partition coefficient (Wildman–Crippen LogP) is 5.03. The molecule has 1 saturated heterocycles. The van der Waals surface area contributed by atoms with Crippen molar-refractivity contribution in [3.05, 3.63) is 47.2 Å². The number of fused-ring (bicyclic) bond motifs is 1. The van der Waals surface area contributed by atoms with Crippen LogP contribution < -0.4 is 9.64 Å². The van der Waals surface area contributed by atoms with Crippen LogP contribution in [-0.2, 0) is 6.42 Å². The number of likely N-dealkylation sites (tertiary alicyclic amines) is 1. The van der Waals surface area contributed by atoms with Crippen molar-refractivity contribution in [1.29, 1.82) is 0 Å². The van der Waals surface area contributed by atoms with Gasteiger partial charge in [-0.1, -0.05) is 20.8 Å². The molecular formula is C26H33N3O3. The summed E-state index contributed by atoms with van der Waals surface area (Å²) in [5.74, 6) is 1.61. The molecule has 6 nitrogen and oxygen atoms in total. The van der Waals surface area contributed by atoms with Crippen molar-refractivity contribution in [1.82, 2.24) is 9.88 Å². The molecule has 0 bridgehead atoms. The molecule has 32 heavy (non-hydrogen) atoms. The first-order valence-electron chi connectivity index (χ1n) is 11.9. The molecule has 0 radical (unpaired) electrons. The van der Waals surface area contributed by atoms with E-state index in [2.05, 4.69) is 22.9 Å². The second-order valence-electron chi connectivity index (χ2n) is 8.77. The van der Waals surface area contributed by atoms with Gasteiger partial charge >= 0.3 is 0 Å². The van der Waals surface area contributed by atoms with Gasteiger partial charge in [0.05, 0.1) is 12.1 Å². The van der Waals surface area contributed by atoms with Gasteiger partial charge in [0.15, 0.2) is 17.4 Å². The van der Waals surface area contributed by atoms with Crippen molar-refractivity contribution >= 4 is 23.2 Å². The van der Waals surface area contributed by atoms with E-state index in [1.165, 1.54) is 6.42 Å². The lowest BCUT2D eigenvalue weighted by molar-refractivity contribution is 0.0723. The number of carbonyl (C=O) groups excluding carboxylic acids is 2. The Labute approximate surface area is 190 Å². The number of pyridine rings is 1. The van der Waals surface area contributed by atoms with Gasteiger partial charge < -0.3 is 14.5 Å². The minimum absolute atomic E-state index is 0.0211. The summed E-state index contributed by atoms with van der Waals surface area (Å²) in [6.07, 6.45) is 6.60. The Morgan fingerprint density at radius 2 is 1.88 bits per heavy atom. The molecule has 1 unspecified atom stereocenters. The first-order valence-corrected chi connectivity index (χ1v) is 11.9. The Balaban J connectivity index is 1.61. The van der Waals surface area contributed by atoms with E-state index in [4.69, 9.17) is 4.74 Å². The normalized spacial score (nSPS) is 16.8. The van der Waals surface area contributed by atoms with Crippen molar-refractivity contribution in [2.24, 2.45) is 5.92 Å². The molecule has 0 spiro atoms. The first-order chi connectivity index (χ1) is 15.5. The molecule has 2 aliphatic heterocycles. The van der Waals surface area contributed by atoms with Crippen LogP contribution in [-0.4, -0.2) is 47.8 Å². The number of carbonyl (C=O) groups is 2. The molecule has 0 aliphatic carbocycles. The highest BCUT2D eigenvalue weighted by Gasteiger charge is 2.26. The first kappa shape index (κ1) is 22.3. The average molecular weight is 436 g/mol. The molecule has 2 aromatic rings. The molecule has 3 heterocycles. The number of benzene rings is 1. The SMILES string of the molecule is CCc1cc(N2CCOc3cc(C(=O)N4CCCCC4)cnc32)ccc1C(=O)C(C)CC. The maximum Gasteiger partial charge on any atom is 0.255 e. The number of ether oxygens (including phenoxy) is 1. The summed E-state index contributed by atoms with van der Waals surface area (Å²) in [6.45, 7) is 8.92. The average Bonchev–Trinajstić information content (AvgIpc) is 2.86. The Kier molecular flexibility index (Phi) is 6.77. The number of Topliss-reactive ketones (excluding diaryl/α,β-unsaturated/α-hetero) is 1. The van der Waals surface area contributed by atoms with E-state index in [1.54, 1.807) is 6.20 Å². The van der Waals surface area contributed by atoms with Crippen LogP contribution in [0.4, 0.5) is 11.5 Å². The second kappa shape index (κ2) is 9.72. The molecule has 1 aromatic heterocycles. The van der Waals surface area contributed by atoms with Crippen LogP contribution >= 0.6 is 0 Å². The number of amides is 1. The highest BCUT2D eigenvalue weighted by Crippen LogP contribution is 2.36. The number of anilines is 2. The standard InChI is InChI=1S/C26H33N3O3/c1-4-18(3)24(30)22-10-9-21(15-19(22)5-2)29-13-14-32-23-16-20(17-27-25(23)29)26(31)28-11-7-6-8-12-28/h9-10,15-18H,4-8,11-14H2,1-3H3. The third kappa shape index (κ3) is 4.36. The van der Waals surface area contributed by atoms with E-state index in [0.717, 1.165) is 61.4 Å². The van der Waals surface area contributed by atoms with Crippen LogP contribution in [0.2, 0.25) is 0 Å². The third-order valence-electron chi connectivity index (χ3n) is 6.66. The summed E-state index contributed by atoms with van der Waals surface area (Å²) in [5, 5.41) is 0. The Bertz CT molecular complexity index is 998. The summed E-state index contributed by atoms with van der Waals surface area (Å²) in [7, 11) is 0. The summed E-state index contributed by atoms with van der Waals surface area (Å²) >= 11 is 0. The van der Waals surface area contributed by atoms with Crippen LogP contribution in [0, 0.1) is 5.92 Å². The molecule has 6 heteroatoms. The largest absolute Gasteiger partial charge is 0.488 e. The molecule has 170 valence electrons. The topological polar surface area (TPSA) is 62.7 Å². The van der Waals surface area contributed by atoms with Gasteiger partial charge in [0.25, 0.3) is 5.91 Å². The number of hydrogen-bond donors (Lipinski definition) is 0. The number of rotatable bonds is 6. The van der Waals surface area contributed by atoms with Gasteiger partial charge in [-0.3, -0.25) is 9.59 Å². The van der Waals surface area contributed by atoms with Crippen LogP contribution in [0.3, 0.4) is 0 Å². The van der Waals surface area contributed by atoms with Crippen molar-refractivity contribution < 1.29 is 14.3 Å². The molecule has 4 rings (SSSR count). The fraction of sp³-hybridized carbons (Fsp3) is 0.500. The lowest BCUT2D eigenvalue weighted by Crippen LogP contribution is -2.36. The molecule has 1 amide bonds. The van der Waals surface area contributed by atoms with Gasteiger partial charge in [-0.15, -0.1) is 0 Å². The summed E-state index contributed by atoms with van der Waals surface area (Å²) < 4.78 is 5.89. The van der Waals surface area contributed by atoms with E-state index in [9.17, 15) is 9.59 Å². The number of aryl methyl sites for hydroxylation is 1. The number of nitrogens with zero attached hydrogens (tertiary/aromatic N) is 3. The molecular weight excluding hydrogens is 402 g/mol. The van der Waals surface area contributed by atoms with Crippen LogP contribution in [0.5, 0.6) is 5.75 Å². The quantitative estimate of drug-likeness (QED) is 0.596. The fourth-order valence-electron chi connectivity index (χ4n) is 4.48. The minimum atomic E-state index is 0.0211. The van der Waals surface area contributed by atoms with Gasteiger partial charge in [-0.05, 0) is 61.9 Å². The number of aromatic nitrogens is 1. The lowest BCUT2D eigenvalue weighted by atomic mass is 9.92. The summed E-state index contributed by atoms with van der Waals surface area (Å²) in [4.78, 5) is 34.3. The molecule has 2 aliphatic rings. The van der Waals surface area contributed by atoms with E-state index in [1.807, 2.05) is 36.9 Å². The Morgan fingerprint density at radius 3 is 2.59 bits per heavy atom. The van der Waals surface area contributed by atoms with E-state index in [0.29, 0.717) is 24.5 Å². The second-order valence-corrected chi connectivity index (χ2v) is 8.77. The molecule has 1 atom stereocenters. The predicted molar refractivity (Wildman–Crippen MR) is 126 cm³/mol. The molecule has 0 N–H and O–H groups in total. The maximum atomic E-state index is 12.9. The third-order valence-corrected chi connectivity index (χ3v) is 6.66. The van der Waals surface area contributed by atoms with E-state index in [-0.39, 0.29) is 17.6 Å². The summed E-state index contributed by atoms with van der Waals surface area (Å²) in [6, 6.07) is 7.87. The van der Waals surface area contributed by atoms with Gasteiger partial charge in [-0.2, -0.15) is 0 Å². The van der Waals surface area contributed by atoms with Crippen LogP contribution in [0.1, 0.15) is 72.7 Å². The van der Waals surface area contributed by atoms with Gasteiger partial charge in [0.2, 0.25) is 0 Å². The van der Waals surface area contributed by atoms with Gasteiger partial charge in [0, 0.05) is 36.5 Å². The molecule has 0 saturated carbocycles. The smallest absolute Gasteiger partial charge is 0.255 e. The van der Waals surface area contributed by atoms with Crippen LogP contribution in [0.25, 0.3) is 0 Å². The number of hydrogen-bond acceptors (Lipinski definition) is 5. The maximum absolute atomic E-state index is 12.9. The highest BCUT2D eigenvalue weighted by atomic mass is 16.5. The number of piperidine rings is 1. The Hall–Kier alpha value is -2.89. The lowest BCUT2D eigenvalue weighted by Gasteiger charge is -2.31. The molecule has 1 fully saturated rings. The minimum Gasteiger partial charge on any atom is -0.488 e.